The van der Waals surface area contributed by atoms with Crippen LogP contribution in [0, 0.1) is 0 Å². The quantitative estimate of drug-likeness (QED) is 0.388. The second-order valence-electron chi connectivity index (χ2n) is 3.10. The monoisotopic (exact) mass is 200 g/mol. The van der Waals surface area contributed by atoms with Gasteiger partial charge in [0.1, 0.15) is 0 Å². The summed E-state index contributed by atoms with van der Waals surface area (Å²) in [6.07, 6.45) is 5.97. The van der Waals surface area contributed by atoms with Gasteiger partial charge in [-0.3, -0.25) is 0 Å². The van der Waals surface area contributed by atoms with E-state index in [2.05, 4.69) is 6.92 Å². The van der Waals surface area contributed by atoms with Crippen LogP contribution in [0.5, 0.6) is 0 Å². The number of hydrogen-bond donors (Lipinski definition) is 1. The second-order valence-corrected chi connectivity index (χ2v) is 3.10. The van der Waals surface area contributed by atoms with Gasteiger partial charge in [0.15, 0.2) is 0 Å². The minimum atomic E-state index is -0.397. The molecule has 0 bridgehead atoms. The summed E-state index contributed by atoms with van der Waals surface area (Å²) in [5.41, 5.74) is 0.378. The van der Waals surface area contributed by atoms with E-state index in [9.17, 15) is 4.79 Å². The van der Waals surface area contributed by atoms with Gasteiger partial charge in [-0.05, 0) is 19.8 Å². The van der Waals surface area contributed by atoms with Crippen molar-refractivity contribution in [3.05, 3.63) is 11.6 Å². The van der Waals surface area contributed by atoms with E-state index < -0.39 is 5.97 Å². The molecule has 0 saturated heterocycles. The third-order valence-corrected chi connectivity index (χ3v) is 1.91. The summed E-state index contributed by atoms with van der Waals surface area (Å²) in [5, 5.41) is 8.91. The molecular weight excluding hydrogens is 180 g/mol. The topological polar surface area (TPSA) is 46.5 Å². The highest BCUT2D eigenvalue weighted by molar-refractivity contribution is 5.88. The lowest BCUT2D eigenvalue weighted by atomic mass is 10.1. The number of ether oxygens (including phenoxy) is 1. The highest BCUT2D eigenvalue weighted by Gasteiger charge is 2.07. The van der Waals surface area contributed by atoms with Gasteiger partial charge in [0.2, 0.25) is 0 Å². The largest absolute Gasteiger partial charge is 0.463 e. The maximum atomic E-state index is 11.2. The van der Waals surface area contributed by atoms with Crippen LogP contribution < -0.4 is 0 Å². The Balaban J connectivity index is 3.91. The van der Waals surface area contributed by atoms with Crippen LogP contribution >= 0.6 is 0 Å². The molecule has 0 heterocycles. The molecule has 0 rings (SSSR count). The van der Waals surface area contributed by atoms with Crippen molar-refractivity contribution >= 4 is 5.97 Å². The first-order valence-electron chi connectivity index (χ1n) is 5.23. The van der Waals surface area contributed by atoms with E-state index in [0.717, 1.165) is 25.7 Å². The van der Waals surface area contributed by atoms with E-state index >= 15 is 0 Å². The van der Waals surface area contributed by atoms with Gasteiger partial charge >= 0.3 is 5.97 Å². The molecule has 3 heteroatoms. The lowest BCUT2D eigenvalue weighted by Crippen LogP contribution is -2.10. The van der Waals surface area contributed by atoms with Gasteiger partial charge in [-0.1, -0.05) is 25.8 Å². The predicted molar refractivity (Wildman–Crippen MR) is 55.9 cm³/mol. The Morgan fingerprint density at radius 1 is 1.36 bits per heavy atom. The molecule has 0 radical (unpaired) electrons. The molecule has 0 saturated carbocycles. The van der Waals surface area contributed by atoms with Crippen molar-refractivity contribution in [2.45, 2.75) is 39.5 Å². The molecule has 82 valence electrons. The minimum absolute atomic E-state index is 0.231. The number of allylic oxidation sites excluding steroid dienone is 1. The zero-order valence-electron chi connectivity index (χ0n) is 9.08. The molecule has 0 aromatic carbocycles. The molecule has 0 aliphatic carbocycles. The molecule has 1 N–H and O–H groups in total. The zero-order valence-corrected chi connectivity index (χ0v) is 9.08. The molecule has 0 spiro atoms. The highest BCUT2D eigenvalue weighted by atomic mass is 16.5. The molecule has 0 aliphatic rings. The van der Waals surface area contributed by atoms with Gasteiger partial charge in [-0.2, -0.15) is 0 Å². The van der Waals surface area contributed by atoms with Gasteiger partial charge in [0.05, 0.1) is 18.8 Å². The number of hydrogen-bond acceptors (Lipinski definition) is 3. The van der Waals surface area contributed by atoms with E-state index in [-0.39, 0.29) is 6.61 Å². The van der Waals surface area contributed by atoms with Gasteiger partial charge < -0.3 is 9.84 Å². The second kappa shape index (κ2) is 8.75. The molecule has 0 atom stereocenters. The van der Waals surface area contributed by atoms with Crippen LogP contribution in [0.2, 0.25) is 0 Å². The first kappa shape index (κ1) is 13.2. The van der Waals surface area contributed by atoms with E-state index in [4.69, 9.17) is 9.84 Å². The summed E-state index contributed by atoms with van der Waals surface area (Å²) < 4.78 is 4.78. The molecule has 0 unspecified atom stereocenters. The van der Waals surface area contributed by atoms with Crippen molar-refractivity contribution in [2.24, 2.45) is 0 Å². The summed E-state index contributed by atoms with van der Waals surface area (Å²) in [5.74, 6) is -0.397. The Morgan fingerprint density at radius 2 is 2.07 bits per heavy atom. The molecule has 0 fully saturated rings. The number of aliphatic hydroxyl groups excluding tert-OH is 1. The number of rotatable bonds is 7. The minimum Gasteiger partial charge on any atom is -0.463 e. The average Bonchev–Trinajstić information content (AvgIpc) is 2.18. The average molecular weight is 200 g/mol. The van der Waals surface area contributed by atoms with E-state index in [0.29, 0.717) is 12.2 Å². The van der Waals surface area contributed by atoms with Gasteiger partial charge in [-0.15, -0.1) is 0 Å². The van der Waals surface area contributed by atoms with Gasteiger partial charge in [0, 0.05) is 0 Å². The summed E-state index contributed by atoms with van der Waals surface area (Å²) >= 11 is 0. The number of carbonyl (C=O) groups is 1. The first-order chi connectivity index (χ1) is 6.76. The molecule has 14 heavy (non-hydrogen) atoms. The molecule has 0 amide bonds. The number of aliphatic hydroxyl groups is 1. The van der Waals surface area contributed by atoms with Crippen molar-refractivity contribution in [1.29, 1.82) is 0 Å². The molecule has 3 nitrogen and oxygen atoms in total. The van der Waals surface area contributed by atoms with Crippen molar-refractivity contribution in [2.75, 3.05) is 13.2 Å². The summed E-state index contributed by atoms with van der Waals surface area (Å²) in [7, 11) is 0. The van der Waals surface area contributed by atoms with Crippen LogP contribution in [0.1, 0.15) is 39.5 Å². The van der Waals surface area contributed by atoms with Gasteiger partial charge in [0.25, 0.3) is 0 Å². The Bertz CT molecular complexity index is 185. The third-order valence-electron chi connectivity index (χ3n) is 1.91. The number of esters is 1. The molecule has 0 aromatic heterocycles. The van der Waals surface area contributed by atoms with Crippen LogP contribution in [0.25, 0.3) is 0 Å². The molecule has 0 aliphatic heterocycles. The van der Waals surface area contributed by atoms with Crippen LogP contribution in [0.15, 0.2) is 11.6 Å². The van der Waals surface area contributed by atoms with Crippen molar-refractivity contribution in [1.82, 2.24) is 0 Å². The van der Waals surface area contributed by atoms with Crippen LogP contribution in [0.4, 0.5) is 0 Å². The third kappa shape index (κ3) is 5.75. The van der Waals surface area contributed by atoms with Crippen molar-refractivity contribution < 1.29 is 14.6 Å². The molecular formula is C11H20O3. The number of carbonyl (C=O) groups excluding carboxylic acids is 1. The lowest BCUT2D eigenvalue weighted by Gasteiger charge is -2.03. The Kier molecular flexibility index (Phi) is 8.24. The summed E-state index contributed by atoms with van der Waals surface area (Å²) in [4.78, 5) is 11.2. The smallest absolute Gasteiger partial charge is 0.336 e. The highest BCUT2D eigenvalue weighted by Crippen LogP contribution is 2.04. The van der Waals surface area contributed by atoms with Crippen LogP contribution in [-0.4, -0.2) is 24.3 Å². The van der Waals surface area contributed by atoms with Crippen molar-refractivity contribution in [3.63, 3.8) is 0 Å². The predicted octanol–water partition coefficient (Wildman–Crippen LogP) is 2.05. The van der Waals surface area contributed by atoms with E-state index in [1.165, 1.54) is 0 Å². The summed E-state index contributed by atoms with van der Waals surface area (Å²) in [6.45, 7) is 4.00. The Hall–Kier alpha value is -0.830. The fourth-order valence-corrected chi connectivity index (χ4v) is 1.11. The fraction of sp³-hybridized carbons (Fsp3) is 0.727. The van der Waals surface area contributed by atoms with Crippen LogP contribution in [0.3, 0.4) is 0 Å². The maximum absolute atomic E-state index is 11.2. The normalized spacial score (nSPS) is 11.5. The first-order valence-corrected chi connectivity index (χ1v) is 5.23. The molecule has 0 aromatic rings. The Morgan fingerprint density at radius 3 is 2.57 bits per heavy atom. The SMILES string of the molecule is CCCCC/C=C(\CO)C(=O)OCC. The van der Waals surface area contributed by atoms with Crippen molar-refractivity contribution in [3.8, 4) is 0 Å². The van der Waals surface area contributed by atoms with E-state index in [1.807, 2.05) is 0 Å². The Labute approximate surface area is 85.8 Å². The fourth-order valence-electron chi connectivity index (χ4n) is 1.11. The van der Waals surface area contributed by atoms with E-state index in [1.54, 1.807) is 13.0 Å². The lowest BCUT2D eigenvalue weighted by molar-refractivity contribution is -0.139. The number of unbranched alkanes of at least 4 members (excludes halogenated alkanes) is 3. The van der Waals surface area contributed by atoms with Crippen LogP contribution in [-0.2, 0) is 9.53 Å². The summed E-state index contributed by atoms with van der Waals surface area (Å²) in [6, 6.07) is 0. The standard InChI is InChI=1S/C11H20O3/c1-3-5-6-7-8-10(9-12)11(13)14-4-2/h8,12H,3-7,9H2,1-2H3/b10-8+. The van der Waals surface area contributed by atoms with Gasteiger partial charge in [-0.25, -0.2) is 4.79 Å². The maximum Gasteiger partial charge on any atom is 0.336 e. The zero-order chi connectivity index (χ0) is 10.8.